The Morgan fingerprint density at radius 1 is 1.25 bits per heavy atom. The van der Waals surface area contributed by atoms with Crippen LogP contribution in [0.25, 0.3) is 0 Å². The maximum atomic E-state index is 12.1. The summed E-state index contributed by atoms with van der Waals surface area (Å²) in [4.78, 5) is 12.1. The molecule has 2 N–H and O–H groups in total. The zero-order chi connectivity index (χ0) is 14.2. The lowest BCUT2D eigenvalue weighted by Crippen LogP contribution is -2.54. The Labute approximate surface area is 120 Å². The van der Waals surface area contributed by atoms with Crippen molar-refractivity contribution in [2.45, 2.75) is 62.9 Å². The molecule has 1 saturated carbocycles. The maximum Gasteiger partial charge on any atom is 0.328 e. The molecule has 0 heterocycles. The average Bonchev–Trinajstić information content (AvgIpc) is 2.95. The van der Waals surface area contributed by atoms with Crippen molar-refractivity contribution < 1.29 is 9.90 Å². The number of carboxylic acids is 1. The van der Waals surface area contributed by atoms with Crippen molar-refractivity contribution in [3.63, 3.8) is 0 Å². The smallest absolute Gasteiger partial charge is 0.328 e. The van der Waals surface area contributed by atoms with E-state index in [1.54, 1.807) is 0 Å². The van der Waals surface area contributed by atoms with Crippen molar-refractivity contribution in [1.82, 2.24) is 5.32 Å². The molecule has 108 valence electrons. The van der Waals surface area contributed by atoms with Gasteiger partial charge in [-0.1, -0.05) is 44.0 Å². The highest BCUT2D eigenvalue weighted by Crippen LogP contribution is 2.42. The number of carbonyl (C=O) groups is 1. The Morgan fingerprint density at radius 3 is 2.65 bits per heavy atom. The first-order chi connectivity index (χ1) is 9.63. The van der Waals surface area contributed by atoms with Crippen LogP contribution in [-0.4, -0.2) is 17.1 Å². The van der Waals surface area contributed by atoms with E-state index in [0.29, 0.717) is 18.4 Å². The molecular weight excluding hydrogens is 250 g/mol. The van der Waals surface area contributed by atoms with Gasteiger partial charge in [0.2, 0.25) is 0 Å². The predicted molar refractivity (Wildman–Crippen MR) is 78.8 cm³/mol. The molecule has 2 aliphatic rings. The number of benzene rings is 1. The third-order valence-corrected chi connectivity index (χ3v) is 5.07. The number of fused-ring (bicyclic) bond motifs is 1. The molecule has 1 aromatic carbocycles. The Hall–Kier alpha value is -1.35. The molecule has 0 bridgehead atoms. The molecule has 2 aliphatic carbocycles. The van der Waals surface area contributed by atoms with E-state index in [1.165, 1.54) is 18.4 Å². The van der Waals surface area contributed by atoms with Gasteiger partial charge in [0.1, 0.15) is 5.54 Å². The SMILES string of the molecule is CC1CCC(NC2CCCC2)(C(=O)O)c2ccccc21. The summed E-state index contributed by atoms with van der Waals surface area (Å²) in [6, 6.07) is 8.43. The van der Waals surface area contributed by atoms with Crippen LogP contribution in [0.1, 0.15) is 62.5 Å². The van der Waals surface area contributed by atoms with Gasteiger partial charge in [-0.05, 0) is 42.7 Å². The topological polar surface area (TPSA) is 49.3 Å². The molecule has 3 heteroatoms. The highest BCUT2D eigenvalue weighted by Gasteiger charge is 2.46. The van der Waals surface area contributed by atoms with Gasteiger partial charge in [0.15, 0.2) is 0 Å². The number of rotatable bonds is 3. The number of carboxylic acid groups (broad SMARTS) is 1. The molecule has 3 rings (SSSR count). The Balaban J connectivity index is 2.02. The van der Waals surface area contributed by atoms with Gasteiger partial charge in [-0.3, -0.25) is 5.32 Å². The third-order valence-electron chi connectivity index (χ3n) is 5.07. The van der Waals surface area contributed by atoms with Crippen LogP contribution in [0.2, 0.25) is 0 Å². The van der Waals surface area contributed by atoms with E-state index < -0.39 is 11.5 Å². The Kier molecular flexibility index (Phi) is 3.55. The lowest BCUT2D eigenvalue weighted by molar-refractivity contribution is -0.146. The van der Waals surface area contributed by atoms with Crippen LogP contribution in [-0.2, 0) is 10.3 Å². The summed E-state index contributed by atoms with van der Waals surface area (Å²) in [6.45, 7) is 2.19. The second kappa shape index (κ2) is 5.21. The lowest BCUT2D eigenvalue weighted by Gasteiger charge is -2.40. The highest BCUT2D eigenvalue weighted by atomic mass is 16.4. The van der Waals surface area contributed by atoms with Gasteiger partial charge in [0.25, 0.3) is 0 Å². The Bertz CT molecular complexity index is 507. The molecule has 0 radical (unpaired) electrons. The normalized spacial score (nSPS) is 30.1. The molecule has 0 spiro atoms. The molecule has 3 nitrogen and oxygen atoms in total. The molecule has 1 fully saturated rings. The van der Waals surface area contributed by atoms with Gasteiger partial charge in [-0.25, -0.2) is 4.79 Å². The number of nitrogens with one attached hydrogen (secondary N) is 1. The van der Waals surface area contributed by atoms with E-state index in [2.05, 4.69) is 18.3 Å². The van der Waals surface area contributed by atoms with Gasteiger partial charge >= 0.3 is 5.97 Å². The first-order valence-electron chi connectivity index (χ1n) is 7.74. The second-order valence-corrected chi connectivity index (χ2v) is 6.36. The van der Waals surface area contributed by atoms with Gasteiger partial charge in [0.05, 0.1) is 0 Å². The van der Waals surface area contributed by atoms with Crippen LogP contribution in [0, 0.1) is 0 Å². The lowest BCUT2D eigenvalue weighted by atomic mass is 9.72. The van der Waals surface area contributed by atoms with Crippen LogP contribution in [0.15, 0.2) is 24.3 Å². The summed E-state index contributed by atoms with van der Waals surface area (Å²) in [5.74, 6) is -0.271. The van der Waals surface area contributed by atoms with Crippen molar-refractivity contribution in [2.75, 3.05) is 0 Å². The summed E-state index contributed by atoms with van der Waals surface area (Å²) < 4.78 is 0. The monoisotopic (exact) mass is 273 g/mol. The number of hydrogen-bond donors (Lipinski definition) is 2. The average molecular weight is 273 g/mol. The van der Waals surface area contributed by atoms with Gasteiger partial charge in [0, 0.05) is 6.04 Å². The third kappa shape index (κ3) is 2.14. The largest absolute Gasteiger partial charge is 0.480 e. The van der Waals surface area contributed by atoms with Crippen LogP contribution < -0.4 is 5.32 Å². The fourth-order valence-corrected chi connectivity index (χ4v) is 3.89. The van der Waals surface area contributed by atoms with Gasteiger partial charge in [-0.15, -0.1) is 0 Å². The standard InChI is InChI=1S/C17H23NO2/c1-12-10-11-17(16(19)20,18-13-6-2-3-7-13)15-9-5-4-8-14(12)15/h4-5,8-9,12-13,18H,2-3,6-7,10-11H2,1H3,(H,19,20). The minimum Gasteiger partial charge on any atom is -0.480 e. The van der Waals surface area contributed by atoms with Crippen molar-refractivity contribution >= 4 is 5.97 Å². The summed E-state index contributed by atoms with van der Waals surface area (Å²) in [5, 5.41) is 13.4. The minimum atomic E-state index is -0.877. The van der Waals surface area contributed by atoms with Crippen LogP contribution in [0.4, 0.5) is 0 Å². The molecule has 1 aromatic rings. The van der Waals surface area contributed by atoms with Crippen molar-refractivity contribution in [2.24, 2.45) is 0 Å². The number of hydrogen-bond acceptors (Lipinski definition) is 2. The number of aliphatic carboxylic acids is 1. The molecule has 0 amide bonds. The molecule has 0 aliphatic heterocycles. The van der Waals surface area contributed by atoms with Crippen LogP contribution in [0.3, 0.4) is 0 Å². The summed E-state index contributed by atoms with van der Waals surface area (Å²) in [6.07, 6.45) is 6.26. The highest BCUT2D eigenvalue weighted by molar-refractivity contribution is 5.82. The van der Waals surface area contributed by atoms with Crippen LogP contribution >= 0.6 is 0 Å². The van der Waals surface area contributed by atoms with E-state index in [0.717, 1.165) is 24.8 Å². The van der Waals surface area contributed by atoms with E-state index in [4.69, 9.17) is 0 Å². The molecule has 0 saturated heterocycles. The van der Waals surface area contributed by atoms with E-state index in [-0.39, 0.29) is 0 Å². The fraction of sp³-hybridized carbons (Fsp3) is 0.588. The quantitative estimate of drug-likeness (QED) is 0.887. The summed E-state index contributed by atoms with van der Waals surface area (Å²) in [7, 11) is 0. The zero-order valence-corrected chi connectivity index (χ0v) is 12.1. The molecule has 0 aromatic heterocycles. The fourth-order valence-electron chi connectivity index (χ4n) is 3.89. The van der Waals surface area contributed by atoms with E-state index >= 15 is 0 Å². The molecule has 2 unspecified atom stereocenters. The van der Waals surface area contributed by atoms with Crippen molar-refractivity contribution in [3.8, 4) is 0 Å². The predicted octanol–water partition coefficient (Wildman–Crippen LogP) is 3.40. The van der Waals surface area contributed by atoms with Crippen molar-refractivity contribution in [1.29, 1.82) is 0 Å². The van der Waals surface area contributed by atoms with E-state index in [9.17, 15) is 9.90 Å². The zero-order valence-electron chi connectivity index (χ0n) is 12.1. The first kappa shape index (κ1) is 13.6. The molecule has 20 heavy (non-hydrogen) atoms. The summed E-state index contributed by atoms with van der Waals surface area (Å²) in [5.41, 5.74) is 1.31. The molecular formula is C17H23NO2. The Morgan fingerprint density at radius 2 is 1.95 bits per heavy atom. The maximum absolute atomic E-state index is 12.1. The van der Waals surface area contributed by atoms with Gasteiger partial charge in [-0.2, -0.15) is 0 Å². The van der Waals surface area contributed by atoms with Crippen LogP contribution in [0.5, 0.6) is 0 Å². The van der Waals surface area contributed by atoms with Crippen molar-refractivity contribution in [3.05, 3.63) is 35.4 Å². The van der Waals surface area contributed by atoms with Gasteiger partial charge < -0.3 is 5.11 Å². The van der Waals surface area contributed by atoms with E-state index in [1.807, 2.05) is 18.2 Å². The minimum absolute atomic E-state index is 0.354. The second-order valence-electron chi connectivity index (χ2n) is 6.36. The molecule has 2 atom stereocenters. The summed E-state index contributed by atoms with van der Waals surface area (Å²) >= 11 is 0. The first-order valence-corrected chi connectivity index (χ1v) is 7.74.